The van der Waals surface area contributed by atoms with E-state index >= 15 is 0 Å². The highest BCUT2D eigenvalue weighted by molar-refractivity contribution is 5.58. The predicted molar refractivity (Wildman–Crippen MR) is 77.1 cm³/mol. The third-order valence-electron chi connectivity index (χ3n) is 3.69. The number of ether oxygens (including phenoxy) is 3. The molecular weight excluding hydrogens is 256 g/mol. The molecule has 0 aliphatic carbocycles. The van der Waals surface area contributed by atoms with Crippen molar-refractivity contribution in [3.8, 4) is 11.5 Å². The zero-order valence-electron chi connectivity index (χ0n) is 12.1. The molecule has 2 aliphatic rings. The first-order valence-electron chi connectivity index (χ1n) is 7.17. The lowest BCUT2D eigenvalue weighted by atomic mass is 10.1. The normalized spacial score (nSPS) is 26.5. The van der Waals surface area contributed by atoms with Crippen LogP contribution in [-0.2, 0) is 11.3 Å². The van der Waals surface area contributed by atoms with Gasteiger partial charge in [0.2, 0.25) is 0 Å². The van der Waals surface area contributed by atoms with Gasteiger partial charge in [-0.1, -0.05) is 0 Å². The zero-order valence-corrected chi connectivity index (χ0v) is 12.1. The van der Waals surface area contributed by atoms with E-state index < -0.39 is 0 Å². The first-order valence-corrected chi connectivity index (χ1v) is 7.17. The zero-order chi connectivity index (χ0) is 14.1. The van der Waals surface area contributed by atoms with Crippen molar-refractivity contribution in [3.05, 3.63) is 17.7 Å². The Morgan fingerprint density at radius 1 is 1.10 bits per heavy atom. The third-order valence-corrected chi connectivity index (χ3v) is 3.69. The average molecular weight is 278 g/mol. The lowest BCUT2D eigenvalue weighted by Crippen LogP contribution is -2.44. The highest BCUT2D eigenvalue weighted by Gasteiger charge is 2.23. The van der Waals surface area contributed by atoms with E-state index in [1.165, 1.54) is 0 Å². The summed E-state index contributed by atoms with van der Waals surface area (Å²) in [6, 6.07) is 3.88. The largest absolute Gasteiger partial charge is 0.486 e. The van der Waals surface area contributed by atoms with Crippen molar-refractivity contribution >= 4 is 5.69 Å². The molecule has 0 spiro atoms. The van der Waals surface area contributed by atoms with Gasteiger partial charge in [0.1, 0.15) is 13.2 Å². The van der Waals surface area contributed by atoms with E-state index in [0.29, 0.717) is 13.2 Å². The fourth-order valence-electron chi connectivity index (χ4n) is 2.94. The summed E-state index contributed by atoms with van der Waals surface area (Å²) in [7, 11) is 0. The molecule has 1 saturated heterocycles. The second-order valence-corrected chi connectivity index (χ2v) is 5.65. The van der Waals surface area contributed by atoms with Crippen LogP contribution >= 0.6 is 0 Å². The molecule has 5 heteroatoms. The second-order valence-electron chi connectivity index (χ2n) is 5.65. The maximum absolute atomic E-state index is 6.14. The van der Waals surface area contributed by atoms with Crippen LogP contribution in [0.3, 0.4) is 0 Å². The van der Waals surface area contributed by atoms with Crippen molar-refractivity contribution in [1.29, 1.82) is 0 Å². The molecule has 2 aliphatic heterocycles. The van der Waals surface area contributed by atoms with Gasteiger partial charge >= 0.3 is 0 Å². The van der Waals surface area contributed by atoms with E-state index in [-0.39, 0.29) is 12.2 Å². The topological polar surface area (TPSA) is 57.0 Å². The molecule has 5 nitrogen and oxygen atoms in total. The molecule has 2 heterocycles. The fraction of sp³-hybridized carbons (Fsp3) is 0.600. The molecular formula is C15H22N2O3. The molecule has 0 amide bonds. The summed E-state index contributed by atoms with van der Waals surface area (Å²) in [6.45, 7) is 8.08. The van der Waals surface area contributed by atoms with E-state index in [2.05, 4.69) is 18.7 Å². The van der Waals surface area contributed by atoms with Crippen molar-refractivity contribution < 1.29 is 14.2 Å². The number of hydrogen-bond donors (Lipinski definition) is 1. The van der Waals surface area contributed by atoms with Crippen molar-refractivity contribution in [1.82, 2.24) is 4.90 Å². The number of fused-ring (bicyclic) bond motifs is 1. The summed E-state index contributed by atoms with van der Waals surface area (Å²) in [5.74, 6) is 1.55. The van der Waals surface area contributed by atoms with E-state index in [0.717, 1.165) is 42.4 Å². The van der Waals surface area contributed by atoms with E-state index in [9.17, 15) is 0 Å². The van der Waals surface area contributed by atoms with Gasteiger partial charge in [-0.05, 0) is 25.5 Å². The third kappa shape index (κ3) is 2.83. The van der Waals surface area contributed by atoms with E-state index in [1.807, 2.05) is 12.1 Å². The molecule has 0 aromatic heterocycles. The summed E-state index contributed by atoms with van der Waals surface area (Å²) in [5, 5.41) is 0. The van der Waals surface area contributed by atoms with Gasteiger partial charge in [0.05, 0.1) is 12.2 Å². The Labute approximate surface area is 119 Å². The van der Waals surface area contributed by atoms with Gasteiger partial charge in [-0.25, -0.2) is 0 Å². The van der Waals surface area contributed by atoms with E-state index in [4.69, 9.17) is 19.9 Å². The first kappa shape index (κ1) is 13.5. The Hall–Kier alpha value is -1.46. The Bertz CT molecular complexity index is 482. The van der Waals surface area contributed by atoms with Gasteiger partial charge in [-0.3, -0.25) is 4.90 Å². The van der Waals surface area contributed by atoms with Gasteiger partial charge in [-0.2, -0.15) is 0 Å². The minimum absolute atomic E-state index is 0.261. The number of nitrogens with zero attached hydrogens (tertiary/aromatic N) is 1. The highest BCUT2D eigenvalue weighted by Crippen LogP contribution is 2.35. The Kier molecular flexibility index (Phi) is 3.72. The van der Waals surface area contributed by atoms with Crippen LogP contribution in [0, 0.1) is 0 Å². The molecule has 0 radical (unpaired) electrons. The smallest absolute Gasteiger partial charge is 0.163 e. The lowest BCUT2D eigenvalue weighted by Gasteiger charge is -2.35. The van der Waals surface area contributed by atoms with Crippen LogP contribution < -0.4 is 15.2 Å². The number of nitrogen functional groups attached to an aromatic ring is 1. The molecule has 2 atom stereocenters. The van der Waals surface area contributed by atoms with E-state index in [1.54, 1.807) is 0 Å². The van der Waals surface area contributed by atoms with Crippen LogP contribution in [0.15, 0.2) is 12.1 Å². The summed E-state index contributed by atoms with van der Waals surface area (Å²) >= 11 is 0. The molecule has 0 bridgehead atoms. The van der Waals surface area contributed by atoms with Gasteiger partial charge < -0.3 is 19.9 Å². The minimum Gasteiger partial charge on any atom is -0.486 e. The van der Waals surface area contributed by atoms with Gasteiger partial charge in [0.25, 0.3) is 0 Å². The molecule has 1 aromatic rings. The summed E-state index contributed by atoms with van der Waals surface area (Å²) in [6.07, 6.45) is 0.523. The fourth-order valence-corrected chi connectivity index (χ4v) is 2.94. The maximum atomic E-state index is 6.14. The molecule has 0 saturated carbocycles. The number of rotatable bonds is 2. The van der Waals surface area contributed by atoms with Gasteiger partial charge in [0, 0.05) is 31.4 Å². The van der Waals surface area contributed by atoms with Crippen LogP contribution in [0.5, 0.6) is 11.5 Å². The Balaban J connectivity index is 1.76. The van der Waals surface area contributed by atoms with Crippen molar-refractivity contribution in [2.75, 3.05) is 32.0 Å². The van der Waals surface area contributed by atoms with Crippen LogP contribution in [-0.4, -0.2) is 43.4 Å². The molecule has 2 N–H and O–H groups in total. The maximum Gasteiger partial charge on any atom is 0.163 e. The van der Waals surface area contributed by atoms with Crippen LogP contribution in [0.2, 0.25) is 0 Å². The van der Waals surface area contributed by atoms with Crippen LogP contribution in [0.4, 0.5) is 5.69 Å². The van der Waals surface area contributed by atoms with Crippen LogP contribution in [0.25, 0.3) is 0 Å². The minimum atomic E-state index is 0.261. The number of anilines is 1. The molecule has 1 aromatic carbocycles. The lowest BCUT2D eigenvalue weighted by molar-refractivity contribution is -0.0704. The molecule has 20 heavy (non-hydrogen) atoms. The molecule has 2 unspecified atom stereocenters. The summed E-state index contributed by atoms with van der Waals surface area (Å²) < 4.78 is 16.9. The molecule has 110 valence electrons. The van der Waals surface area contributed by atoms with Crippen LogP contribution in [0.1, 0.15) is 19.4 Å². The first-order chi connectivity index (χ1) is 9.61. The monoisotopic (exact) mass is 278 g/mol. The molecule has 3 rings (SSSR count). The number of morpholine rings is 1. The second kappa shape index (κ2) is 5.50. The Morgan fingerprint density at radius 3 is 2.35 bits per heavy atom. The van der Waals surface area contributed by atoms with Crippen molar-refractivity contribution in [2.45, 2.75) is 32.6 Å². The van der Waals surface area contributed by atoms with Gasteiger partial charge in [0.15, 0.2) is 11.5 Å². The van der Waals surface area contributed by atoms with Gasteiger partial charge in [-0.15, -0.1) is 0 Å². The summed E-state index contributed by atoms with van der Waals surface area (Å²) in [4.78, 5) is 2.38. The highest BCUT2D eigenvalue weighted by atomic mass is 16.6. The standard InChI is InChI=1S/C15H22N2O3/c1-10-7-17(8-11(2)20-10)9-12-5-14-15(6-13(12)16)19-4-3-18-14/h5-6,10-11H,3-4,7-9,16H2,1-2H3. The number of benzene rings is 1. The predicted octanol–water partition coefficient (Wildman–Crippen LogP) is 1.65. The SMILES string of the molecule is CC1CN(Cc2cc3c(cc2N)OCCO3)CC(C)O1. The number of hydrogen-bond acceptors (Lipinski definition) is 5. The number of nitrogens with two attached hydrogens (primary N) is 1. The quantitative estimate of drug-likeness (QED) is 0.834. The summed E-state index contributed by atoms with van der Waals surface area (Å²) in [5.41, 5.74) is 8.00. The van der Waals surface area contributed by atoms with Crippen molar-refractivity contribution in [2.24, 2.45) is 0 Å². The average Bonchev–Trinajstić information content (AvgIpc) is 2.38. The Morgan fingerprint density at radius 2 is 1.70 bits per heavy atom. The molecule has 1 fully saturated rings. The van der Waals surface area contributed by atoms with Crippen molar-refractivity contribution in [3.63, 3.8) is 0 Å².